The number of benzene rings is 2. The van der Waals surface area contributed by atoms with Crippen molar-refractivity contribution < 1.29 is 9.53 Å². The van der Waals surface area contributed by atoms with Gasteiger partial charge in [-0.25, -0.2) is 0 Å². The van der Waals surface area contributed by atoms with Crippen molar-refractivity contribution in [1.82, 2.24) is 5.32 Å². The van der Waals surface area contributed by atoms with Crippen molar-refractivity contribution in [3.05, 3.63) is 54.1 Å². The third-order valence-corrected chi connectivity index (χ3v) is 4.42. The van der Waals surface area contributed by atoms with Gasteiger partial charge in [-0.15, -0.1) is 6.42 Å². The summed E-state index contributed by atoms with van der Waals surface area (Å²) in [5, 5.41) is 11.1. The Morgan fingerprint density at radius 3 is 2.24 bits per heavy atom. The number of aryl methyl sites for hydroxylation is 1. The number of carbonyl (C=O) groups is 1. The fourth-order valence-electron chi connectivity index (χ4n) is 2.73. The third kappa shape index (κ3) is 8.18. The monoisotopic (exact) mass is 391 g/mol. The number of azo groups is 1. The summed E-state index contributed by atoms with van der Waals surface area (Å²) < 4.78 is 5.60. The Kier molecular flexibility index (Phi) is 9.44. The van der Waals surface area contributed by atoms with Crippen molar-refractivity contribution in [2.75, 3.05) is 6.54 Å². The lowest BCUT2D eigenvalue weighted by Crippen LogP contribution is -2.36. The van der Waals surface area contributed by atoms with Crippen molar-refractivity contribution in [3.8, 4) is 18.1 Å². The van der Waals surface area contributed by atoms with E-state index in [1.165, 1.54) is 31.2 Å². The van der Waals surface area contributed by atoms with Crippen LogP contribution in [-0.2, 0) is 11.2 Å². The van der Waals surface area contributed by atoms with Crippen LogP contribution in [0.2, 0.25) is 0 Å². The van der Waals surface area contributed by atoms with Crippen LogP contribution in [0.25, 0.3) is 0 Å². The quantitative estimate of drug-likeness (QED) is 0.301. The number of terminal acetylenes is 1. The summed E-state index contributed by atoms with van der Waals surface area (Å²) in [6.45, 7) is 4.08. The Hall–Kier alpha value is -3.13. The van der Waals surface area contributed by atoms with Gasteiger partial charge in [0.15, 0.2) is 6.10 Å². The predicted octanol–water partition coefficient (Wildman–Crippen LogP) is 5.74. The predicted molar refractivity (Wildman–Crippen MR) is 117 cm³/mol. The molecule has 1 N–H and O–H groups in total. The number of nitrogens with one attached hydrogen (secondary N) is 1. The van der Waals surface area contributed by atoms with Gasteiger partial charge in [0.25, 0.3) is 5.91 Å². The van der Waals surface area contributed by atoms with Crippen molar-refractivity contribution >= 4 is 17.3 Å². The van der Waals surface area contributed by atoms with Gasteiger partial charge in [0.1, 0.15) is 5.75 Å². The molecule has 0 aliphatic rings. The first-order chi connectivity index (χ1) is 14.1. The fourth-order valence-corrected chi connectivity index (χ4v) is 2.73. The van der Waals surface area contributed by atoms with E-state index in [-0.39, 0.29) is 12.5 Å². The molecule has 0 fully saturated rings. The second-order valence-corrected chi connectivity index (χ2v) is 6.85. The minimum atomic E-state index is -0.628. The van der Waals surface area contributed by atoms with Gasteiger partial charge in [0, 0.05) is 0 Å². The SMILES string of the molecule is C#CCNC(=O)[C@@H](C)Oc1ccc(N=Nc2ccc(CCCCCC)cc2)cc1. The zero-order valence-corrected chi connectivity index (χ0v) is 17.2. The molecule has 1 atom stereocenters. The minimum absolute atomic E-state index is 0.186. The molecule has 29 heavy (non-hydrogen) atoms. The molecule has 0 unspecified atom stereocenters. The van der Waals surface area contributed by atoms with Crippen molar-refractivity contribution in [2.24, 2.45) is 10.2 Å². The molecule has 2 aromatic rings. The molecule has 0 bridgehead atoms. The molecule has 0 aliphatic carbocycles. The van der Waals surface area contributed by atoms with Crippen molar-refractivity contribution in [3.63, 3.8) is 0 Å². The van der Waals surface area contributed by atoms with Gasteiger partial charge in [-0.1, -0.05) is 44.2 Å². The Bertz CT molecular complexity index is 821. The largest absolute Gasteiger partial charge is 0.481 e. The van der Waals surface area contributed by atoms with Crippen LogP contribution in [0.15, 0.2) is 58.8 Å². The summed E-state index contributed by atoms with van der Waals surface area (Å²) in [7, 11) is 0. The lowest BCUT2D eigenvalue weighted by atomic mass is 10.1. The summed E-state index contributed by atoms with van der Waals surface area (Å²) in [6.07, 6.45) is 10.7. The van der Waals surface area contributed by atoms with Crippen LogP contribution in [0.4, 0.5) is 11.4 Å². The number of unbranched alkanes of at least 4 members (excludes halogenated alkanes) is 3. The number of hydrogen-bond donors (Lipinski definition) is 1. The van der Waals surface area contributed by atoms with Crippen LogP contribution in [0, 0.1) is 12.3 Å². The van der Waals surface area contributed by atoms with Crippen LogP contribution in [0.5, 0.6) is 5.75 Å². The van der Waals surface area contributed by atoms with E-state index in [9.17, 15) is 4.79 Å². The summed E-state index contributed by atoms with van der Waals surface area (Å²) in [5.74, 6) is 2.69. The summed E-state index contributed by atoms with van der Waals surface area (Å²) >= 11 is 0. The zero-order chi connectivity index (χ0) is 20.9. The first-order valence-corrected chi connectivity index (χ1v) is 10.1. The number of rotatable bonds is 11. The van der Waals surface area contributed by atoms with E-state index >= 15 is 0 Å². The topological polar surface area (TPSA) is 63.0 Å². The van der Waals surface area contributed by atoms with Gasteiger partial charge in [-0.05, 0) is 61.7 Å². The van der Waals surface area contributed by atoms with Crippen molar-refractivity contribution in [1.29, 1.82) is 0 Å². The third-order valence-electron chi connectivity index (χ3n) is 4.42. The maximum Gasteiger partial charge on any atom is 0.261 e. The maximum absolute atomic E-state index is 11.8. The summed E-state index contributed by atoms with van der Waals surface area (Å²) in [5.41, 5.74) is 2.87. The number of ether oxygens (including phenoxy) is 1. The fraction of sp³-hybridized carbons (Fsp3) is 0.375. The van der Waals surface area contributed by atoms with Crippen LogP contribution in [-0.4, -0.2) is 18.6 Å². The Morgan fingerprint density at radius 2 is 1.66 bits per heavy atom. The molecule has 5 nitrogen and oxygen atoms in total. The molecule has 1 amide bonds. The van der Waals surface area contributed by atoms with E-state index in [0.29, 0.717) is 11.4 Å². The molecule has 0 saturated carbocycles. The lowest BCUT2D eigenvalue weighted by molar-refractivity contribution is -0.126. The summed E-state index contributed by atoms with van der Waals surface area (Å²) in [6, 6.07) is 15.3. The van der Waals surface area contributed by atoms with Gasteiger partial charge in [0.2, 0.25) is 0 Å². The second-order valence-electron chi connectivity index (χ2n) is 6.85. The molecule has 0 aliphatic heterocycles. The highest BCUT2D eigenvalue weighted by molar-refractivity contribution is 5.80. The zero-order valence-electron chi connectivity index (χ0n) is 17.2. The van der Waals surface area contributed by atoms with E-state index in [1.54, 1.807) is 31.2 Å². The molecular weight excluding hydrogens is 362 g/mol. The maximum atomic E-state index is 11.8. The molecule has 152 valence electrons. The second kappa shape index (κ2) is 12.4. The molecule has 0 heterocycles. The van der Waals surface area contributed by atoms with Crippen LogP contribution in [0.1, 0.15) is 45.1 Å². The van der Waals surface area contributed by atoms with Crippen LogP contribution >= 0.6 is 0 Å². The highest BCUT2D eigenvalue weighted by atomic mass is 16.5. The number of nitrogens with zero attached hydrogens (tertiary/aromatic N) is 2. The lowest BCUT2D eigenvalue weighted by Gasteiger charge is -2.13. The minimum Gasteiger partial charge on any atom is -0.481 e. The van der Waals surface area contributed by atoms with E-state index in [4.69, 9.17) is 11.2 Å². The van der Waals surface area contributed by atoms with Crippen LogP contribution < -0.4 is 10.1 Å². The average molecular weight is 392 g/mol. The normalized spacial score (nSPS) is 11.8. The highest BCUT2D eigenvalue weighted by Gasteiger charge is 2.13. The number of hydrogen-bond acceptors (Lipinski definition) is 4. The Balaban J connectivity index is 1.85. The standard InChI is InChI=1S/C24H29N3O2/c1-4-6-7-8-9-20-10-12-21(13-11-20)26-27-22-14-16-23(17-15-22)29-19(3)24(28)25-18-5-2/h2,10-17,19H,4,6-9,18H2,1,3H3,(H,25,28)/t19-/m1/s1. The number of carbonyl (C=O) groups excluding carboxylic acids is 1. The van der Waals surface area contributed by atoms with Gasteiger partial charge < -0.3 is 10.1 Å². The number of amides is 1. The van der Waals surface area contributed by atoms with Crippen LogP contribution in [0.3, 0.4) is 0 Å². The molecule has 0 saturated heterocycles. The summed E-state index contributed by atoms with van der Waals surface area (Å²) in [4.78, 5) is 11.8. The Morgan fingerprint density at radius 1 is 1.03 bits per heavy atom. The molecule has 0 aromatic heterocycles. The van der Waals surface area contributed by atoms with Crippen molar-refractivity contribution in [2.45, 2.75) is 52.1 Å². The highest BCUT2D eigenvalue weighted by Crippen LogP contribution is 2.22. The van der Waals surface area contributed by atoms with Gasteiger partial charge >= 0.3 is 0 Å². The molecule has 2 rings (SSSR count). The first kappa shape index (κ1) is 22.2. The molecular formula is C24H29N3O2. The van der Waals surface area contributed by atoms with Gasteiger partial charge in [0.05, 0.1) is 17.9 Å². The van der Waals surface area contributed by atoms with E-state index < -0.39 is 6.10 Å². The Labute approximate surface area is 173 Å². The molecule has 5 heteroatoms. The first-order valence-electron chi connectivity index (χ1n) is 10.1. The van der Waals surface area contributed by atoms with E-state index in [0.717, 1.165) is 12.1 Å². The van der Waals surface area contributed by atoms with E-state index in [1.807, 2.05) is 12.1 Å². The smallest absolute Gasteiger partial charge is 0.261 e. The molecule has 0 radical (unpaired) electrons. The average Bonchev–Trinajstić information content (AvgIpc) is 2.75. The van der Waals surface area contributed by atoms with Gasteiger partial charge in [-0.3, -0.25) is 4.79 Å². The molecule has 2 aromatic carbocycles. The van der Waals surface area contributed by atoms with E-state index in [2.05, 4.69) is 40.5 Å². The molecule has 0 spiro atoms. The van der Waals surface area contributed by atoms with Gasteiger partial charge in [-0.2, -0.15) is 10.2 Å².